The number of para-hydroxylation sites is 3. The molecule has 0 unspecified atom stereocenters. The maximum Gasteiger partial charge on any atom is 0.119 e. The molecule has 0 amide bonds. The Bertz CT molecular complexity index is 6040. The number of hydrogen-bond acceptors (Lipinski definition) is 8. The summed E-state index contributed by atoms with van der Waals surface area (Å²) in [5.74, 6) is 6.91. The molecule has 0 saturated carbocycles. The molecule has 0 radical (unpaired) electrons. The van der Waals surface area contributed by atoms with Crippen LogP contribution >= 0.6 is 0 Å². The quantitative estimate of drug-likeness (QED) is 0.0355. The molecule has 3 heterocycles. The smallest absolute Gasteiger partial charge is 0.119 e. The first-order valence-corrected chi connectivity index (χ1v) is 57.5. The third-order valence-electron chi connectivity index (χ3n) is 29.7. The van der Waals surface area contributed by atoms with Gasteiger partial charge in [0.05, 0.1) is 13.2 Å². The summed E-state index contributed by atoms with van der Waals surface area (Å²) in [7, 11) is 0. The lowest BCUT2D eigenvalue weighted by Crippen LogP contribution is -2.34. The minimum atomic E-state index is 0.198. The highest BCUT2D eigenvalue weighted by Crippen LogP contribution is 2.45. The molecule has 0 aliphatic carbocycles. The van der Waals surface area contributed by atoms with E-state index in [0.29, 0.717) is 53.3 Å². The minimum Gasteiger partial charge on any atom is -0.493 e. The molecule has 0 N–H and O–H groups in total. The molecule has 17 rings (SSSR count). The van der Waals surface area contributed by atoms with Gasteiger partial charge in [0, 0.05) is 107 Å². The third-order valence-corrected chi connectivity index (χ3v) is 29.7. The number of anilines is 13. The predicted octanol–water partition coefficient (Wildman–Crippen LogP) is 41.4. The highest BCUT2D eigenvalue weighted by molar-refractivity contribution is 5.81. The van der Waals surface area contributed by atoms with Gasteiger partial charge in [-0.2, -0.15) is 0 Å². The van der Waals surface area contributed by atoms with Gasteiger partial charge in [0.1, 0.15) is 11.5 Å². The second-order valence-corrected chi connectivity index (χ2v) is 46.4. The number of hydrogen-bond donors (Lipinski definition) is 0. The van der Waals surface area contributed by atoms with Crippen LogP contribution in [0.1, 0.15) is 347 Å². The average Bonchev–Trinajstić information content (AvgIpc) is 0.774. The molecule has 150 heavy (non-hydrogen) atoms. The minimum absolute atomic E-state index is 0.198. The van der Waals surface area contributed by atoms with Gasteiger partial charge in [-0.05, 0) is 358 Å². The van der Waals surface area contributed by atoms with E-state index in [-0.39, 0.29) is 10.8 Å². The molecular formula is C142H184N6O2. The fraction of sp³-hybridized carbons (Fsp3) is 0.408. The molecule has 3 aliphatic rings. The van der Waals surface area contributed by atoms with Crippen LogP contribution in [0.5, 0.6) is 11.5 Å². The van der Waals surface area contributed by atoms with Gasteiger partial charge in [-0.25, -0.2) is 0 Å². The van der Waals surface area contributed by atoms with E-state index in [1.165, 1.54) is 212 Å². The number of rotatable bonds is 38. The third kappa shape index (κ3) is 33.7. The van der Waals surface area contributed by atoms with Gasteiger partial charge in [-0.3, -0.25) is 0 Å². The van der Waals surface area contributed by atoms with Crippen LogP contribution in [0.15, 0.2) is 340 Å². The van der Waals surface area contributed by atoms with Crippen molar-refractivity contribution in [3.05, 3.63) is 401 Å². The molecule has 14 aromatic carbocycles. The highest BCUT2D eigenvalue weighted by Gasteiger charge is 2.28. The van der Waals surface area contributed by atoms with E-state index in [2.05, 4.69) is 518 Å². The van der Waals surface area contributed by atoms with E-state index in [1.807, 2.05) is 24.3 Å². The maximum atomic E-state index is 5.88. The average molecular weight is 2010 g/mol. The number of benzene rings is 14. The molecule has 0 atom stereocenters. The Morgan fingerprint density at radius 3 is 0.907 bits per heavy atom. The van der Waals surface area contributed by atoms with E-state index in [0.717, 1.165) is 65.4 Å². The van der Waals surface area contributed by atoms with Crippen LogP contribution in [0.2, 0.25) is 0 Å². The zero-order valence-electron chi connectivity index (χ0n) is 96.6. The summed E-state index contributed by atoms with van der Waals surface area (Å²) in [5, 5.41) is 0. The van der Waals surface area contributed by atoms with Crippen molar-refractivity contribution in [2.75, 3.05) is 75.3 Å². The molecule has 8 heteroatoms. The van der Waals surface area contributed by atoms with Gasteiger partial charge < -0.3 is 38.9 Å². The van der Waals surface area contributed by atoms with E-state index in [4.69, 9.17) is 9.47 Å². The SMILES string of the molecule is CC(C)CN(c1ccccc1)c1ccc(C(C)C)cc1.CC(C)COc1ccc(N(c2ccc(OCC(C)C)cc2)c2ccc(C(C)C)cc2)cc1.CC(C)c1cc2c3c(c1)CCCN3CCC2.CC(C)c1ccc(-c2ccc(N(c3ccccc3)c3ccccc3)cc2)cc1.CCCCC(C)(C)c1ccc(N(c2ccc(C(C)C)cc2)c2ccc(C(C)(C)CCCC)cc2)cc1.CCCCCN1CCCc2cc(C(C)C)ccc21. The largest absolute Gasteiger partial charge is 0.493 e. The number of ether oxygens (including phenoxy) is 2. The second-order valence-electron chi connectivity index (χ2n) is 46.4. The van der Waals surface area contributed by atoms with E-state index in [9.17, 15) is 0 Å². The number of unbranched alkanes of at least 4 members (excludes halogenated alkanes) is 4. The Labute approximate surface area is 909 Å². The standard InChI is InChI=1S/C35H49N.C29H37NO2.C27H25N.C19H25N.C17H27N.C15H21N/c1-9-11-25-34(5,6)29-15-21-32(22-16-29)36(31-19-13-28(14-20-31)27(3)4)33-23-17-30(18-24-33)35(7,8)26-12-10-2;1-21(2)19-31-28-15-11-26(12-16-28)30(25-9-7-24(8-10-25)23(5)6)27-13-17-29(18-14-27)32-20-22(3)4;1-21(2)22-13-15-23(16-14-22)24-17-19-27(20-18-24)28(25-9-5-3-6-10-25)26-11-7-4-8-12-26;1-15(2)14-20(18-8-6-5-7-9-18)19-12-10-17(11-13-19)16(3)4;1-4-5-6-11-18-12-7-8-16-13-15(14(2)3)9-10-17(16)18;1-11(2)14-9-12-5-3-7-16-8-4-6-13(10-14)15(12)16/h13-24,27H,9-12,25-26H2,1-8H3;7-18,21-23H,19-20H2,1-6H3;3-21H,1-2H3;5-13,15-16H,14H2,1-4H3;9-10,13-14H,4-8,11-12H2,1-3H3;9-11H,3-8H2,1-2H3. The van der Waals surface area contributed by atoms with Crippen molar-refractivity contribution in [3.8, 4) is 22.6 Å². The molecule has 0 bridgehead atoms. The van der Waals surface area contributed by atoms with Crippen LogP contribution in [0.4, 0.5) is 73.9 Å². The number of nitrogens with zero attached hydrogens (tertiary/aromatic N) is 6. The van der Waals surface area contributed by atoms with Gasteiger partial charge in [0.2, 0.25) is 0 Å². The molecule has 14 aromatic rings. The second kappa shape index (κ2) is 57.6. The predicted molar refractivity (Wildman–Crippen MR) is 656 cm³/mol. The van der Waals surface area contributed by atoms with Crippen LogP contribution < -0.4 is 38.9 Å². The van der Waals surface area contributed by atoms with Crippen molar-refractivity contribution in [1.29, 1.82) is 0 Å². The van der Waals surface area contributed by atoms with Crippen LogP contribution in [-0.2, 0) is 30.1 Å². The van der Waals surface area contributed by atoms with Gasteiger partial charge in [0.15, 0.2) is 0 Å². The highest BCUT2D eigenvalue weighted by atomic mass is 16.5. The molecule has 3 aliphatic heterocycles. The number of aryl methyl sites for hydroxylation is 3. The maximum absolute atomic E-state index is 5.88. The summed E-state index contributed by atoms with van der Waals surface area (Å²) in [5.41, 5.74) is 35.1. The molecule has 8 nitrogen and oxygen atoms in total. The van der Waals surface area contributed by atoms with Crippen LogP contribution in [0.25, 0.3) is 11.1 Å². The van der Waals surface area contributed by atoms with Gasteiger partial charge in [0.25, 0.3) is 0 Å². The molecule has 0 aromatic heterocycles. The molecule has 0 fully saturated rings. The normalized spacial score (nSPS) is 12.7. The zero-order chi connectivity index (χ0) is 107. The van der Waals surface area contributed by atoms with Crippen molar-refractivity contribution in [2.24, 2.45) is 17.8 Å². The van der Waals surface area contributed by atoms with Crippen molar-refractivity contribution < 1.29 is 9.47 Å². The van der Waals surface area contributed by atoms with Crippen LogP contribution in [0.3, 0.4) is 0 Å². The van der Waals surface area contributed by atoms with Crippen LogP contribution in [0, 0.1) is 17.8 Å². The number of fused-ring (bicyclic) bond motifs is 1. The van der Waals surface area contributed by atoms with Crippen molar-refractivity contribution >= 4 is 73.9 Å². The Hall–Kier alpha value is -12.5. The van der Waals surface area contributed by atoms with E-state index >= 15 is 0 Å². The summed E-state index contributed by atoms with van der Waals surface area (Å²) in [4.78, 5) is 14.6. The van der Waals surface area contributed by atoms with E-state index in [1.54, 1.807) is 22.4 Å². The first-order valence-electron chi connectivity index (χ1n) is 57.5. The lowest BCUT2D eigenvalue weighted by molar-refractivity contribution is 0.271. The monoisotopic (exact) mass is 2010 g/mol. The van der Waals surface area contributed by atoms with Crippen LogP contribution in [-0.4, -0.2) is 45.9 Å². The van der Waals surface area contributed by atoms with Gasteiger partial charge in [-0.15, -0.1) is 0 Å². The molecular weight excluding hydrogens is 1820 g/mol. The Morgan fingerprint density at radius 2 is 0.560 bits per heavy atom. The fourth-order valence-electron chi connectivity index (χ4n) is 20.3. The van der Waals surface area contributed by atoms with Crippen molar-refractivity contribution in [3.63, 3.8) is 0 Å². The molecule has 0 saturated heterocycles. The van der Waals surface area contributed by atoms with Crippen molar-refractivity contribution in [1.82, 2.24) is 0 Å². The Balaban J connectivity index is 0.000000163. The molecule has 0 spiro atoms. The first kappa shape index (κ1) is 116. The van der Waals surface area contributed by atoms with Crippen molar-refractivity contribution in [2.45, 2.75) is 316 Å². The fourth-order valence-corrected chi connectivity index (χ4v) is 20.3. The lowest BCUT2D eigenvalue weighted by Gasteiger charge is -2.37. The summed E-state index contributed by atoms with van der Waals surface area (Å²) < 4.78 is 11.8. The summed E-state index contributed by atoms with van der Waals surface area (Å²) >= 11 is 0. The van der Waals surface area contributed by atoms with Gasteiger partial charge in [-0.1, -0.05) is 388 Å². The Morgan fingerprint density at radius 1 is 0.273 bits per heavy atom. The van der Waals surface area contributed by atoms with Gasteiger partial charge >= 0.3 is 0 Å². The first-order chi connectivity index (χ1) is 72.2. The summed E-state index contributed by atoms with van der Waals surface area (Å²) in [6.45, 7) is 64.0. The Kier molecular flexibility index (Phi) is 44.6. The zero-order valence-corrected chi connectivity index (χ0v) is 96.6. The lowest BCUT2D eigenvalue weighted by atomic mass is 9.80. The topological polar surface area (TPSA) is 37.9 Å². The summed E-state index contributed by atoms with van der Waals surface area (Å²) in [6.07, 6.45) is 19.3. The molecule has 794 valence electrons. The van der Waals surface area contributed by atoms with E-state index < -0.39 is 0 Å². The summed E-state index contributed by atoms with van der Waals surface area (Å²) in [6, 6.07) is 124.